The lowest BCUT2D eigenvalue weighted by Crippen LogP contribution is -2.49. The second-order valence-electron chi connectivity index (χ2n) is 8.92. The Kier molecular flexibility index (Phi) is 10.5. The first kappa shape index (κ1) is 26.3. The van der Waals surface area contributed by atoms with Gasteiger partial charge in [0.05, 0.1) is 25.4 Å². The van der Waals surface area contributed by atoms with Crippen molar-refractivity contribution in [3.63, 3.8) is 0 Å². The molecule has 0 saturated carbocycles. The quantitative estimate of drug-likeness (QED) is 0.306. The number of benzene rings is 2. The fourth-order valence-corrected chi connectivity index (χ4v) is 4.85. The molecule has 1 saturated heterocycles. The Hall–Kier alpha value is -2.26. The number of hydrogen-bond donors (Lipinski definition) is 3. The molecular formula is C26H37N3O4S. The highest BCUT2D eigenvalue weighted by Crippen LogP contribution is 2.26. The first-order valence-electron chi connectivity index (χ1n) is 12.0. The van der Waals surface area contributed by atoms with Gasteiger partial charge in [-0.1, -0.05) is 50.6 Å². The minimum Gasteiger partial charge on any atom is -0.444 e. The van der Waals surface area contributed by atoms with Crippen LogP contribution in [0.5, 0.6) is 0 Å². The molecule has 4 unspecified atom stereocenters. The van der Waals surface area contributed by atoms with Crippen molar-refractivity contribution < 1.29 is 19.4 Å². The molecular weight excluding hydrogens is 450 g/mol. The Bertz CT molecular complexity index is 862. The summed E-state index contributed by atoms with van der Waals surface area (Å²) in [4.78, 5) is 13.7. The summed E-state index contributed by atoms with van der Waals surface area (Å²) in [7, 11) is 0. The normalized spacial score (nSPS) is 18.4. The molecule has 1 aliphatic rings. The van der Waals surface area contributed by atoms with Crippen LogP contribution >= 0.6 is 11.9 Å². The molecule has 1 heterocycles. The van der Waals surface area contributed by atoms with Crippen LogP contribution in [0.15, 0.2) is 59.5 Å². The van der Waals surface area contributed by atoms with E-state index in [9.17, 15) is 9.90 Å². The van der Waals surface area contributed by atoms with Gasteiger partial charge in [0.1, 0.15) is 6.10 Å². The minimum absolute atomic E-state index is 0.238. The maximum atomic E-state index is 12.6. The standard InChI is InChI=1S/C26H37N3O4S/c1-3-19(2)16-29(34-23-11-9-21(27)10-12-23)17-25(30)24(15-20-7-5-4-6-8-20)28-26(31)33-22-13-14-32-18-22/h4-12,19,22,24-25,30H,3,13-18,27H2,1-2H3,(H,28,31). The lowest BCUT2D eigenvalue weighted by molar-refractivity contribution is 0.0649. The number of amides is 1. The van der Waals surface area contributed by atoms with Crippen molar-refractivity contribution in [3.05, 3.63) is 60.2 Å². The average molecular weight is 488 g/mol. The van der Waals surface area contributed by atoms with E-state index < -0.39 is 18.2 Å². The van der Waals surface area contributed by atoms with E-state index in [0.717, 1.165) is 29.1 Å². The van der Waals surface area contributed by atoms with Crippen molar-refractivity contribution in [2.45, 2.75) is 56.3 Å². The van der Waals surface area contributed by atoms with Gasteiger partial charge in [0.2, 0.25) is 0 Å². The molecule has 2 aromatic carbocycles. The fourth-order valence-electron chi connectivity index (χ4n) is 3.73. The van der Waals surface area contributed by atoms with Gasteiger partial charge >= 0.3 is 6.09 Å². The second kappa shape index (κ2) is 13.6. The summed E-state index contributed by atoms with van der Waals surface area (Å²) in [6, 6.07) is 17.1. The van der Waals surface area contributed by atoms with E-state index in [1.54, 1.807) is 11.9 Å². The Balaban J connectivity index is 1.70. The number of nitrogens with one attached hydrogen (secondary N) is 1. The van der Waals surface area contributed by atoms with Crippen LogP contribution < -0.4 is 11.1 Å². The highest BCUT2D eigenvalue weighted by Gasteiger charge is 2.27. The number of carbonyl (C=O) groups excluding carboxylic acids is 1. The van der Waals surface area contributed by atoms with Crippen molar-refractivity contribution in [2.75, 3.05) is 32.0 Å². The SMILES string of the molecule is CCC(C)CN(CC(O)C(Cc1ccccc1)NC(=O)OC1CCOC1)Sc1ccc(N)cc1. The smallest absolute Gasteiger partial charge is 0.407 e. The number of nitrogens with two attached hydrogens (primary N) is 1. The Morgan fingerprint density at radius 1 is 1.24 bits per heavy atom. The van der Waals surface area contributed by atoms with E-state index in [4.69, 9.17) is 15.2 Å². The maximum absolute atomic E-state index is 12.6. The summed E-state index contributed by atoms with van der Waals surface area (Å²) in [6.45, 7) is 6.58. The molecule has 0 radical (unpaired) electrons. The van der Waals surface area contributed by atoms with Crippen LogP contribution in [0.3, 0.4) is 0 Å². The van der Waals surface area contributed by atoms with E-state index in [0.29, 0.717) is 38.5 Å². The zero-order valence-corrected chi connectivity index (χ0v) is 20.9. The van der Waals surface area contributed by atoms with Crippen LogP contribution in [0.2, 0.25) is 0 Å². The lowest BCUT2D eigenvalue weighted by atomic mass is 10.0. The van der Waals surface area contributed by atoms with Crippen molar-refractivity contribution in [1.29, 1.82) is 0 Å². The number of aliphatic hydroxyl groups is 1. The number of ether oxygens (including phenoxy) is 2. The molecule has 1 aliphatic heterocycles. The van der Waals surface area contributed by atoms with Gasteiger partial charge in [-0.25, -0.2) is 9.10 Å². The largest absolute Gasteiger partial charge is 0.444 e. The van der Waals surface area contributed by atoms with E-state index >= 15 is 0 Å². The number of aliphatic hydroxyl groups excluding tert-OH is 1. The van der Waals surface area contributed by atoms with Crippen LogP contribution in [-0.4, -0.2) is 60.1 Å². The topological polar surface area (TPSA) is 97.0 Å². The molecule has 34 heavy (non-hydrogen) atoms. The molecule has 1 amide bonds. The number of alkyl carbamates (subject to hydrolysis) is 1. The first-order chi connectivity index (χ1) is 16.4. The van der Waals surface area contributed by atoms with Gasteiger partial charge in [0, 0.05) is 30.1 Å². The molecule has 0 aliphatic carbocycles. The lowest BCUT2D eigenvalue weighted by Gasteiger charge is -2.31. The number of nitrogen functional groups attached to an aromatic ring is 1. The van der Waals surface area contributed by atoms with Crippen molar-refractivity contribution in [3.8, 4) is 0 Å². The Morgan fingerprint density at radius 2 is 1.97 bits per heavy atom. The number of hydrogen-bond acceptors (Lipinski definition) is 7. The summed E-state index contributed by atoms with van der Waals surface area (Å²) in [5, 5.41) is 14.2. The predicted molar refractivity (Wildman–Crippen MR) is 137 cm³/mol. The highest BCUT2D eigenvalue weighted by molar-refractivity contribution is 7.97. The third-order valence-corrected chi connectivity index (χ3v) is 6.98. The summed E-state index contributed by atoms with van der Waals surface area (Å²) in [5.41, 5.74) is 7.59. The summed E-state index contributed by atoms with van der Waals surface area (Å²) in [6.07, 6.45) is 0.684. The zero-order chi connectivity index (χ0) is 24.3. The molecule has 4 atom stereocenters. The number of carbonyl (C=O) groups is 1. The Labute approximate surface area is 207 Å². The second-order valence-corrected chi connectivity index (χ2v) is 10.1. The molecule has 0 bridgehead atoms. The maximum Gasteiger partial charge on any atom is 0.407 e. The van der Waals surface area contributed by atoms with E-state index in [-0.39, 0.29) is 6.10 Å². The Morgan fingerprint density at radius 3 is 2.62 bits per heavy atom. The van der Waals surface area contributed by atoms with Crippen molar-refractivity contribution in [1.82, 2.24) is 9.62 Å². The molecule has 186 valence electrons. The molecule has 8 heteroatoms. The number of anilines is 1. The monoisotopic (exact) mass is 487 g/mol. The summed E-state index contributed by atoms with van der Waals surface area (Å²) >= 11 is 1.60. The van der Waals surface area contributed by atoms with Crippen LogP contribution in [-0.2, 0) is 15.9 Å². The molecule has 0 aromatic heterocycles. The van der Waals surface area contributed by atoms with Gasteiger partial charge in [0.25, 0.3) is 0 Å². The average Bonchev–Trinajstić information content (AvgIpc) is 3.33. The van der Waals surface area contributed by atoms with E-state index in [1.165, 1.54) is 0 Å². The summed E-state index contributed by atoms with van der Waals surface area (Å²) in [5.74, 6) is 0.460. The molecule has 1 fully saturated rings. The third kappa shape index (κ3) is 8.83. The van der Waals surface area contributed by atoms with Crippen molar-refractivity contribution >= 4 is 23.7 Å². The molecule has 3 rings (SSSR count). The van der Waals surface area contributed by atoms with E-state index in [2.05, 4.69) is 23.5 Å². The number of rotatable bonds is 12. The molecule has 2 aromatic rings. The van der Waals surface area contributed by atoms with Gasteiger partial charge in [-0.15, -0.1) is 0 Å². The molecule has 4 N–H and O–H groups in total. The van der Waals surface area contributed by atoms with Crippen LogP contribution in [0, 0.1) is 5.92 Å². The van der Waals surface area contributed by atoms with E-state index in [1.807, 2.05) is 54.6 Å². The van der Waals surface area contributed by atoms with Gasteiger partial charge < -0.3 is 25.6 Å². The van der Waals surface area contributed by atoms with Gasteiger partial charge in [-0.2, -0.15) is 0 Å². The van der Waals surface area contributed by atoms with Gasteiger partial charge in [-0.05, 0) is 54.1 Å². The number of nitrogens with zero attached hydrogens (tertiary/aromatic N) is 1. The fraction of sp³-hybridized carbons (Fsp3) is 0.500. The van der Waals surface area contributed by atoms with Crippen molar-refractivity contribution in [2.24, 2.45) is 5.92 Å². The van der Waals surface area contributed by atoms with Gasteiger partial charge in [0.15, 0.2) is 0 Å². The van der Waals surface area contributed by atoms with Crippen LogP contribution in [0.1, 0.15) is 32.3 Å². The summed E-state index contributed by atoms with van der Waals surface area (Å²) < 4.78 is 13.0. The van der Waals surface area contributed by atoms with Crippen LogP contribution in [0.4, 0.5) is 10.5 Å². The third-order valence-electron chi connectivity index (χ3n) is 5.95. The van der Waals surface area contributed by atoms with Crippen LogP contribution in [0.25, 0.3) is 0 Å². The zero-order valence-electron chi connectivity index (χ0n) is 20.1. The van der Waals surface area contributed by atoms with Gasteiger partial charge in [-0.3, -0.25) is 0 Å². The predicted octanol–water partition coefficient (Wildman–Crippen LogP) is 4.11. The minimum atomic E-state index is -0.794. The highest BCUT2D eigenvalue weighted by atomic mass is 32.2. The first-order valence-corrected chi connectivity index (χ1v) is 12.8. The molecule has 7 nitrogen and oxygen atoms in total. The molecule has 0 spiro atoms.